The van der Waals surface area contributed by atoms with Crippen LogP contribution in [0.2, 0.25) is 0 Å². The van der Waals surface area contributed by atoms with E-state index in [1.165, 1.54) is 6.07 Å². The molecule has 0 unspecified atom stereocenters. The molecule has 0 saturated heterocycles. The number of aromatic nitrogens is 2. The van der Waals surface area contributed by atoms with E-state index in [-0.39, 0.29) is 5.56 Å². The molecule has 2 aromatic carbocycles. The molecule has 3 aromatic rings. The van der Waals surface area contributed by atoms with Crippen LogP contribution in [0.5, 0.6) is 0 Å². The summed E-state index contributed by atoms with van der Waals surface area (Å²) in [6.07, 6.45) is 1.62. The minimum atomic E-state index is -0.981. The van der Waals surface area contributed by atoms with Crippen LogP contribution in [0.4, 0.5) is 0 Å². The number of imidazole rings is 1. The van der Waals surface area contributed by atoms with Gasteiger partial charge in [-0.25, -0.2) is 9.78 Å². The van der Waals surface area contributed by atoms with E-state index in [0.29, 0.717) is 16.6 Å². The van der Waals surface area contributed by atoms with E-state index in [2.05, 4.69) is 11.1 Å². The molecule has 0 spiro atoms. The number of aromatic carboxylic acids is 1. The first-order valence-electron chi connectivity index (χ1n) is 5.90. The maximum Gasteiger partial charge on any atom is 0.335 e. The van der Waals surface area contributed by atoms with E-state index in [1.54, 1.807) is 41.2 Å². The van der Waals surface area contributed by atoms with Crippen LogP contribution >= 0.6 is 0 Å². The van der Waals surface area contributed by atoms with E-state index in [4.69, 9.17) is 10.4 Å². The molecule has 20 heavy (non-hydrogen) atoms. The van der Waals surface area contributed by atoms with Crippen molar-refractivity contribution in [1.82, 2.24) is 9.55 Å². The van der Waals surface area contributed by atoms with Crippen LogP contribution in [-0.4, -0.2) is 20.6 Å². The summed E-state index contributed by atoms with van der Waals surface area (Å²) < 4.78 is 1.77. The Bertz CT molecular complexity index is 859. The number of nitriles is 1. The van der Waals surface area contributed by atoms with Crippen molar-refractivity contribution >= 4 is 17.0 Å². The van der Waals surface area contributed by atoms with Crippen molar-refractivity contribution in [2.45, 2.75) is 0 Å². The predicted molar refractivity (Wildman–Crippen MR) is 72.7 cm³/mol. The van der Waals surface area contributed by atoms with E-state index in [1.807, 2.05) is 6.07 Å². The molecule has 0 radical (unpaired) electrons. The number of hydrogen-bond donors (Lipinski definition) is 1. The van der Waals surface area contributed by atoms with E-state index in [9.17, 15) is 4.79 Å². The first kappa shape index (κ1) is 11.9. The highest BCUT2D eigenvalue weighted by molar-refractivity contribution is 5.92. The molecule has 0 amide bonds. The maximum absolute atomic E-state index is 11.0. The van der Waals surface area contributed by atoms with Gasteiger partial charge in [0.1, 0.15) is 6.33 Å². The number of carbonyl (C=O) groups is 1. The second kappa shape index (κ2) is 4.52. The van der Waals surface area contributed by atoms with Gasteiger partial charge in [0.05, 0.1) is 28.2 Å². The lowest BCUT2D eigenvalue weighted by molar-refractivity contribution is 0.0697. The summed E-state index contributed by atoms with van der Waals surface area (Å²) in [7, 11) is 0. The second-order valence-electron chi connectivity index (χ2n) is 4.29. The van der Waals surface area contributed by atoms with Crippen molar-refractivity contribution < 1.29 is 9.90 Å². The van der Waals surface area contributed by atoms with Gasteiger partial charge in [0.2, 0.25) is 0 Å². The van der Waals surface area contributed by atoms with Crippen LogP contribution in [0.25, 0.3) is 16.7 Å². The number of nitrogens with zero attached hydrogens (tertiary/aromatic N) is 3. The lowest BCUT2D eigenvalue weighted by Crippen LogP contribution is -1.97. The van der Waals surface area contributed by atoms with Crippen molar-refractivity contribution in [2.24, 2.45) is 0 Å². The van der Waals surface area contributed by atoms with Crippen molar-refractivity contribution in [1.29, 1.82) is 5.26 Å². The zero-order valence-corrected chi connectivity index (χ0v) is 10.3. The third-order valence-corrected chi connectivity index (χ3v) is 3.05. The average Bonchev–Trinajstić information content (AvgIpc) is 2.90. The SMILES string of the molecule is N#Cc1cccc(-n2cnc3ccc(C(=O)O)cc32)c1. The monoisotopic (exact) mass is 263 g/mol. The predicted octanol–water partition coefficient (Wildman–Crippen LogP) is 2.60. The van der Waals surface area contributed by atoms with Gasteiger partial charge in [-0.3, -0.25) is 4.57 Å². The average molecular weight is 263 g/mol. The molecule has 5 heteroatoms. The highest BCUT2D eigenvalue weighted by atomic mass is 16.4. The highest BCUT2D eigenvalue weighted by Gasteiger charge is 2.09. The van der Waals surface area contributed by atoms with Gasteiger partial charge in [-0.15, -0.1) is 0 Å². The van der Waals surface area contributed by atoms with Crippen LogP contribution in [0, 0.1) is 11.3 Å². The van der Waals surface area contributed by atoms with Crippen LogP contribution < -0.4 is 0 Å². The maximum atomic E-state index is 11.0. The Morgan fingerprint density at radius 1 is 1.25 bits per heavy atom. The van der Waals surface area contributed by atoms with Crippen LogP contribution in [0.15, 0.2) is 48.8 Å². The van der Waals surface area contributed by atoms with Crippen LogP contribution in [-0.2, 0) is 0 Å². The normalized spacial score (nSPS) is 10.3. The summed E-state index contributed by atoms with van der Waals surface area (Å²) in [5, 5.41) is 18.0. The number of benzene rings is 2. The molecule has 0 fully saturated rings. The van der Waals surface area contributed by atoms with Gasteiger partial charge in [-0.05, 0) is 36.4 Å². The molecule has 5 nitrogen and oxygen atoms in total. The number of rotatable bonds is 2. The first-order valence-corrected chi connectivity index (χ1v) is 5.90. The molecular formula is C15H9N3O2. The third-order valence-electron chi connectivity index (χ3n) is 3.05. The van der Waals surface area contributed by atoms with Crippen molar-refractivity contribution in [2.75, 3.05) is 0 Å². The first-order chi connectivity index (χ1) is 9.69. The lowest BCUT2D eigenvalue weighted by Gasteiger charge is -2.05. The van der Waals surface area contributed by atoms with Gasteiger partial charge < -0.3 is 5.11 Å². The molecule has 0 aliphatic heterocycles. The molecule has 0 aliphatic rings. The highest BCUT2D eigenvalue weighted by Crippen LogP contribution is 2.20. The molecule has 1 aromatic heterocycles. The molecule has 1 N–H and O–H groups in total. The zero-order chi connectivity index (χ0) is 14.1. The van der Waals surface area contributed by atoms with Gasteiger partial charge in [0, 0.05) is 5.69 Å². The molecule has 96 valence electrons. The molecule has 0 atom stereocenters. The van der Waals surface area contributed by atoms with Crippen molar-refractivity contribution in [3.8, 4) is 11.8 Å². The third kappa shape index (κ3) is 1.89. The van der Waals surface area contributed by atoms with Gasteiger partial charge in [-0.2, -0.15) is 5.26 Å². The molecular weight excluding hydrogens is 254 g/mol. The zero-order valence-electron chi connectivity index (χ0n) is 10.3. The topological polar surface area (TPSA) is 78.9 Å². The van der Waals surface area contributed by atoms with Gasteiger partial charge in [0.15, 0.2) is 0 Å². The summed E-state index contributed by atoms with van der Waals surface area (Å²) in [4.78, 5) is 15.3. The Hall–Kier alpha value is -3.13. The Balaban J connectivity index is 2.23. The minimum Gasteiger partial charge on any atom is -0.478 e. The van der Waals surface area contributed by atoms with E-state index >= 15 is 0 Å². The Morgan fingerprint density at radius 3 is 2.85 bits per heavy atom. The van der Waals surface area contributed by atoms with Crippen LogP contribution in [0.1, 0.15) is 15.9 Å². The largest absolute Gasteiger partial charge is 0.478 e. The van der Waals surface area contributed by atoms with Crippen molar-refractivity contribution in [3.05, 3.63) is 59.9 Å². The number of carboxylic acids is 1. The number of fused-ring (bicyclic) bond motifs is 1. The Labute approximate surface area is 114 Å². The smallest absolute Gasteiger partial charge is 0.335 e. The molecule has 0 bridgehead atoms. The van der Waals surface area contributed by atoms with Gasteiger partial charge >= 0.3 is 5.97 Å². The number of carboxylic acid groups (broad SMARTS) is 1. The lowest BCUT2D eigenvalue weighted by atomic mass is 10.2. The standard InChI is InChI=1S/C15H9N3O2/c16-8-10-2-1-3-12(6-10)18-9-17-13-5-4-11(15(19)20)7-14(13)18/h1-7,9H,(H,19,20). The van der Waals surface area contributed by atoms with Crippen molar-refractivity contribution in [3.63, 3.8) is 0 Å². The summed E-state index contributed by atoms with van der Waals surface area (Å²) in [5.41, 5.74) is 2.92. The summed E-state index contributed by atoms with van der Waals surface area (Å²) in [6, 6.07) is 13.9. The fourth-order valence-electron chi connectivity index (χ4n) is 2.07. The summed E-state index contributed by atoms with van der Waals surface area (Å²) >= 11 is 0. The summed E-state index contributed by atoms with van der Waals surface area (Å²) in [6.45, 7) is 0. The van der Waals surface area contributed by atoms with Gasteiger partial charge in [0.25, 0.3) is 0 Å². The fourth-order valence-corrected chi connectivity index (χ4v) is 2.07. The molecule has 1 heterocycles. The second-order valence-corrected chi connectivity index (χ2v) is 4.29. The van der Waals surface area contributed by atoms with Crippen LogP contribution in [0.3, 0.4) is 0 Å². The van der Waals surface area contributed by atoms with Gasteiger partial charge in [-0.1, -0.05) is 6.07 Å². The molecule has 3 rings (SSSR count). The summed E-state index contributed by atoms with van der Waals surface area (Å²) in [5.74, 6) is -0.981. The molecule has 0 aliphatic carbocycles. The Morgan fingerprint density at radius 2 is 2.10 bits per heavy atom. The Kier molecular flexibility index (Phi) is 2.70. The molecule has 0 saturated carbocycles. The fraction of sp³-hybridized carbons (Fsp3) is 0. The number of hydrogen-bond acceptors (Lipinski definition) is 3. The quantitative estimate of drug-likeness (QED) is 0.770. The van der Waals surface area contributed by atoms with E-state index < -0.39 is 5.97 Å². The minimum absolute atomic E-state index is 0.204. The van der Waals surface area contributed by atoms with E-state index in [0.717, 1.165) is 5.69 Å².